The van der Waals surface area contributed by atoms with Crippen molar-refractivity contribution in [3.63, 3.8) is 0 Å². The molecule has 1 aliphatic heterocycles. The first-order valence-electron chi connectivity index (χ1n) is 7.89. The van der Waals surface area contributed by atoms with Gasteiger partial charge in [0.15, 0.2) is 0 Å². The van der Waals surface area contributed by atoms with Gasteiger partial charge >= 0.3 is 0 Å². The number of hydrogen-bond acceptors (Lipinski definition) is 2. The van der Waals surface area contributed by atoms with Gasteiger partial charge in [0.1, 0.15) is 0 Å². The highest BCUT2D eigenvalue weighted by Crippen LogP contribution is 2.33. The van der Waals surface area contributed by atoms with Crippen LogP contribution in [0.15, 0.2) is 54.6 Å². The third-order valence-corrected chi connectivity index (χ3v) is 4.15. The summed E-state index contributed by atoms with van der Waals surface area (Å²) in [6.45, 7) is 2.25. The van der Waals surface area contributed by atoms with Gasteiger partial charge in [-0.2, -0.15) is 0 Å². The average molecular weight is 308 g/mol. The molecule has 3 rings (SSSR count). The third kappa shape index (κ3) is 3.42. The Kier molecular flexibility index (Phi) is 4.42. The number of likely N-dealkylation sites (tertiary alicyclic amines) is 1. The van der Waals surface area contributed by atoms with Crippen molar-refractivity contribution in [2.24, 2.45) is 0 Å². The molecule has 4 nitrogen and oxygen atoms in total. The second-order valence-electron chi connectivity index (χ2n) is 5.83. The first-order chi connectivity index (χ1) is 11.1. The molecule has 1 fully saturated rings. The number of anilines is 1. The van der Waals surface area contributed by atoms with Gasteiger partial charge in [0.25, 0.3) is 5.91 Å². The van der Waals surface area contributed by atoms with E-state index in [1.165, 1.54) is 12.5 Å². The number of benzene rings is 2. The normalized spacial score (nSPS) is 17.1. The summed E-state index contributed by atoms with van der Waals surface area (Å²) in [7, 11) is 0. The van der Waals surface area contributed by atoms with Crippen LogP contribution in [-0.4, -0.2) is 23.3 Å². The highest BCUT2D eigenvalue weighted by Gasteiger charge is 2.30. The van der Waals surface area contributed by atoms with Crippen LogP contribution in [0.4, 0.5) is 5.69 Å². The van der Waals surface area contributed by atoms with Gasteiger partial charge in [-0.1, -0.05) is 30.3 Å². The largest absolute Gasteiger partial charge is 0.332 e. The summed E-state index contributed by atoms with van der Waals surface area (Å²) in [5, 5.41) is 2.71. The number of carbonyl (C=O) groups is 2. The van der Waals surface area contributed by atoms with E-state index in [0.29, 0.717) is 11.3 Å². The summed E-state index contributed by atoms with van der Waals surface area (Å²) in [4.78, 5) is 25.8. The van der Waals surface area contributed by atoms with Crippen LogP contribution in [0.2, 0.25) is 0 Å². The molecular formula is C19H20N2O2. The fraction of sp³-hybridized carbons (Fsp3) is 0.263. The lowest BCUT2D eigenvalue weighted by molar-refractivity contribution is -0.114. The number of carbonyl (C=O) groups excluding carboxylic acids is 2. The van der Waals surface area contributed by atoms with Crippen LogP contribution in [0.1, 0.15) is 41.7 Å². The van der Waals surface area contributed by atoms with E-state index in [4.69, 9.17) is 0 Å². The summed E-state index contributed by atoms with van der Waals surface area (Å²) in [6.07, 6.45) is 2.02. The monoisotopic (exact) mass is 308 g/mol. The van der Waals surface area contributed by atoms with E-state index in [2.05, 4.69) is 17.4 Å². The lowest BCUT2D eigenvalue weighted by atomic mass is 10.0. The van der Waals surface area contributed by atoms with Crippen LogP contribution < -0.4 is 5.32 Å². The molecule has 0 aromatic heterocycles. The zero-order valence-electron chi connectivity index (χ0n) is 13.2. The molecule has 118 valence electrons. The summed E-state index contributed by atoms with van der Waals surface area (Å²) < 4.78 is 0. The first kappa shape index (κ1) is 15.3. The van der Waals surface area contributed by atoms with Crippen LogP contribution in [0.5, 0.6) is 0 Å². The maximum atomic E-state index is 12.8. The van der Waals surface area contributed by atoms with Gasteiger partial charge in [-0.25, -0.2) is 0 Å². The van der Waals surface area contributed by atoms with Crippen molar-refractivity contribution in [2.75, 3.05) is 11.9 Å². The Labute approximate surface area is 136 Å². The van der Waals surface area contributed by atoms with E-state index in [1.807, 2.05) is 23.1 Å². The molecule has 0 radical (unpaired) electrons. The van der Waals surface area contributed by atoms with Crippen molar-refractivity contribution in [3.05, 3.63) is 65.7 Å². The van der Waals surface area contributed by atoms with E-state index in [9.17, 15) is 9.59 Å². The zero-order valence-corrected chi connectivity index (χ0v) is 13.2. The smallest absolute Gasteiger partial charge is 0.254 e. The van der Waals surface area contributed by atoms with Crippen molar-refractivity contribution >= 4 is 17.5 Å². The van der Waals surface area contributed by atoms with Crippen LogP contribution in [0, 0.1) is 0 Å². The Morgan fingerprint density at radius 2 is 1.74 bits per heavy atom. The standard InChI is InChI=1S/C19H20N2O2/c1-14(22)20-17-11-9-16(10-12-17)19(23)21-13-5-8-18(21)15-6-3-2-4-7-15/h2-4,6-7,9-12,18H,5,8,13H2,1H3,(H,20,22). The molecule has 1 unspecified atom stereocenters. The Morgan fingerprint density at radius 1 is 1.04 bits per heavy atom. The molecule has 0 bridgehead atoms. The number of nitrogens with one attached hydrogen (secondary N) is 1. The Morgan fingerprint density at radius 3 is 2.39 bits per heavy atom. The summed E-state index contributed by atoms with van der Waals surface area (Å²) in [5.41, 5.74) is 2.55. The van der Waals surface area contributed by atoms with Gasteiger partial charge in [-0.05, 0) is 42.7 Å². The molecule has 2 amide bonds. The van der Waals surface area contributed by atoms with Crippen LogP contribution in [0.3, 0.4) is 0 Å². The summed E-state index contributed by atoms with van der Waals surface area (Å²) in [5.74, 6) is -0.0708. The molecule has 23 heavy (non-hydrogen) atoms. The third-order valence-electron chi connectivity index (χ3n) is 4.15. The molecule has 1 aliphatic rings. The fourth-order valence-corrected chi connectivity index (χ4v) is 3.10. The second-order valence-corrected chi connectivity index (χ2v) is 5.83. The molecule has 0 saturated carbocycles. The lowest BCUT2D eigenvalue weighted by Crippen LogP contribution is -2.30. The zero-order chi connectivity index (χ0) is 16.2. The molecule has 1 heterocycles. The predicted octanol–water partition coefficient (Wildman–Crippen LogP) is 3.62. The maximum Gasteiger partial charge on any atom is 0.254 e. The van der Waals surface area contributed by atoms with Crippen molar-refractivity contribution in [2.45, 2.75) is 25.8 Å². The molecular weight excluding hydrogens is 288 g/mol. The predicted molar refractivity (Wildman–Crippen MR) is 90.2 cm³/mol. The van der Waals surface area contributed by atoms with E-state index < -0.39 is 0 Å². The molecule has 1 N–H and O–H groups in total. The van der Waals surface area contributed by atoms with E-state index in [1.54, 1.807) is 24.3 Å². The van der Waals surface area contributed by atoms with E-state index >= 15 is 0 Å². The van der Waals surface area contributed by atoms with Gasteiger partial charge < -0.3 is 10.2 Å². The van der Waals surface area contributed by atoms with Gasteiger partial charge in [0.2, 0.25) is 5.91 Å². The van der Waals surface area contributed by atoms with Crippen molar-refractivity contribution in [3.8, 4) is 0 Å². The van der Waals surface area contributed by atoms with E-state index in [-0.39, 0.29) is 17.9 Å². The van der Waals surface area contributed by atoms with E-state index in [0.717, 1.165) is 19.4 Å². The first-order valence-corrected chi connectivity index (χ1v) is 7.89. The number of nitrogens with zero attached hydrogens (tertiary/aromatic N) is 1. The minimum absolute atomic E-state index is 0.0470. The second kappa shape index (κ2) is 6.65. The molecule has 2 aromatic carbocycles. The molecule has 0 aliphatic carbocycles. The van der Waals surface area contributed by atoms with Crippen LogP contribution >= 0.6 is 0 Å². The number of hydrogen-bond donors (Lipinski definition) is 1. The quantitative estimate of drug-likeness (QED) is 0.941. The van der Waals surface area contributed by atoms with Crippen LogP contribution in [-0.2, 0) is 4.79 Å². The summed E-state index contributed by atoms with van der Waals surface area (Å²) in [6, 6.07) is 17.4. The molecule has 2 aromatic rings. The van der Waals surface area contributed by atoms with Gasteiger partial charge in [0, 0.05) is 24.7 Å². The minimum atomic E-state index is -0.118. The topological polar surface area (TPSA) is 49.4 Å². The number of rotatable bonds is 3. The molecule has 1 atom stereocenters. The van der Waals surface area contributed by atoms with Gasteiger partial charge in [0.05, 0.1) is 6.04 Å². The van der Waals surface area contributed by atoms with Crippen molar-refractivity contribution in [1.82, 2.24) is 4.90 Å². The van der Waals surface area contributed by atoms with Crippen molar-refractivity contribution < 1.29 is 9.59 Å². The maximum absolute atomic E-state index is 12.8. The highest BCUT2D eigenvalue weighted by molar-refractivity contribution is 5.96. The molecule has 4 heteroatoms. The molecule has 0 spiro atoms. The minimum Gasteiger partial charge on any atom is -0.332 e. The highest BCUT2D eigenvalue weighted by atomic mass is 16.2. The Balaban J connectivity index is 1.78. The Bertz CT molecular complexity index is 695. The van der Waals surface area contributed by atoms with Gasteiger partial charge in [-0.15, -0.1) is 0 Å². The van der Waals surface area contributed by atoms with Crippen molar-refractivity contribution in [1.29, 1.82) is 0 Å². The molecule has 1 saturated heterocycles. The summed E-state index contributed by atoms with van der Waals surface area (Å²) >= 11 is 0. The fourth-order valence-electron chi connectivity index (χ4n) is 3.10. The Hall–Kier alpha value is -2.62. The SMILES string of the molecule is CC(=O)Nc1ccc(C(=O)N2CCCC2c2ccccc2)cc1. The van der Waals surface area contributed by atoms with Gasteiger partial charge in [-0.3, -0.25) is 9.59 Å². The number of amides is 2. The lowest BCUT2D eigenvalue weighted by Gasteiger charge is -2.25. The van der Waals surface area contributed by atoms with Crippen LogP contribution in [0.25, 0.3) is 0 Å². The average Bonchev–Trinajstić information content (AvgIpc) is 3.05.